The lowest BCUT2D eigenvalue weighted by molar-refractivity contribution is -0.132. The normalized spacial score (nSPS) is 19.6. The Labute approximate surface area is 147 Å². The van der Waals surface area contributed by atoms with Crippen molar-refractivity contribution in [2.24, 2.45) is 5.41 Å². The number of rotatable bonds is 2. The Bertz CT molecular complexity index is 844. The molecule has 132 valence electrons. The van der Waals surface area contributed by atoms with Crippen LogP contribution in [0, 0.1) is 19.3 Å². The van der Waals surface area contributed by atoms with Gasteiger partial charge in [-0.15, -0.1) is 0 Å². The van der Waals surface area contributed by atoms with Gasteiger partial charge in [0.2, 0.25) is 11.8 Å². The lowest BCUT2D eigenvalue weighted by Gasteiger charge is -2.38. The molecule has 2 aliphatic rings. The van der Waals surface area contributed by atoms with Crippen molar-refractivity contribution in [1.29, 1.82) is 0 Å². The summed E-state index contributed by atoms with van der Waals surface area (Å²) in [6.45, 7) is 6.38. The fourth-order valence-electron chi connectivity index (χ4n) is 4.08. The molecule has 1 aromatic heterocycles. The zero-order chi connectivity index (χ0) is 17.6. The molecule has 4 rings (SSSR count). The van der Waals surface area contributed by atoms with Crippen LogP contribution in [0.3, 0.4) is 0 Å². The van der Waals surface area contributed by atoms with Crippen LogP contribution in [-0.2, 0) is 16.0 Å². The number of carbonyl (C=O) groups excluding carboxylic acids is 2. The molecule has 5 nitrogen and oxygen atoms in total. The SMILES string of the molecule is Cc1cc2occ(CC(=O)N3CCC4(CC3)CNC(=O)C4)c2cc1C. The van der Waals surface area contributed by atoms with Crippen molar-refractivity contribution >= 4 is 22.8 Å². The summed E-state index contributed by atoms with van der Waals surface area (Å²) in [4.78, 5) is 26.2. The van der Waals surface area contributed by atoms with Gasteiger partial charge in [0.15, 0.2) is 0 Å². The molecular weight excluding hydrogens is 316 g/mol. The van der Waals surface area contributed by atoms with Gasteiger partial charge < -0.3 is 14.6 Å². The van der Waals surface area contributed by atoms with Gasteiger partial charge in [0.05, 0.1) is 12.7 Å². The molecule has 0 atom stereocenters. The highest BCUT2D eigenvalue weighted by atomic mass is 16.3. The summed E-state index contributed by atoms with van der Waals surface area (Å²) in [6, 6.07) is 4.14. The molecule has 2 saturated heterocycles. The molecule has 1 spiro atoms. The summed E-state index contributed by atoms with van der Waals surface area (Å²) in [5.74, 6) is 0.295. The lowest BCUT2D eigenvalue weighted by atomic mass is 9.77. The zero-order valence-corrected chi connectivity index (χ0v) is 14.9. The number of carbonyl (C=O) groups is 2. The number of amides is 2. The van der Waals surface area contributed by atoms with Gasteiger partial charge in [-0.25, -0.2) is 0 Å². The first-order valence-electron chi connectivity index (χ1n) is 8.98. The number of nitrogens with one attached hydrogen (secondary N) is 1. The van der Waals surface area contributed by atoms with Gasteiger partial charge in [0.1, 0.15) is 5.58 Å². The van der Waals surface area contributed by atoms with Crippen molar-refractivity contribution in [3.8, 4) is 0 Å². The van der Waals surface area contributed by atoms with Crippen LogP contribution in [0.25, 0.3) is 11.0 Å². The first-order valence-corrected chi connectivity index (χ1v) is 8.98. The number of fused-ring (bicyclic) bond motifs is 1. The van der Waals surface area contributed by atoms with Crippen LogP contribution >= 0.6 is 0 Å². The quantitative estimate of drug-likeness (QED) is 0.914. The number of aryl methyl sites for hydroxylation is 2. The minimum absolute atomic E-state index is 0.0742. The Balaban J connectivity index is 1.45. The van der Waals surface area contributed by atoms with Gasteiger partial charge in [0.25, 0.3) is 0 Å². The van der Waals surface area contributed by atoms with Crippen LogP contribution in [0.1, 0.15) is 36.0 Å². The standard InChI is InChI=1S/C20H24N2O3/c1-13-7-16-15(11-25-17(16)8-14(13)2)9-19(24)22-5-3-20(4-6-22)10-18(23)21-12-20/h7-8,11H,3-6,9-10,12H2,1-2H3,(H,21,23). The van der Waals surface area contributed by atoms with Crippen molar-refractivity contribution < 1.29 is 14.0 Å². The van der Waals surface area contributed by atoms with Gasteiger partial charge in [-0.2, -0.15) is 0 Å². The Hall–Kier alpha value is -2.30. The molecule has 0 radical (unpaired) electrons. The number of benzene rings is 1. The van der Waals surface area contributed by atoms with Crippen LogP contribution in [0.15, 0.2) is 22.8 Å². The fraction of sp³-hybridized carbons (Fsp3) is 0.500. The molecule has 0 aliphatic carbocycles. The van der Waals surface area contributed by atoms with Crippen molar-refractivity contribution in [3.63, 3.8) is 0 Å². The van der Waals surface area contributed by atoms with Crippen LogP contribution < -0.4 is 5.32 Å². The molecule has 0 bridgehead atoms. The summed E-state index contributed by atoms with van der Waals surface area (Å²) in [5.41, 5.74) is 4.28. The number of piperidine rings is 1. The van der Waals surface area contributed by atoms with E-state index in [1.807, 2.05) is 11.0 Å². The third-order valence-corrected chi connectivity index (χ3v) is 5.98. The van der Waals surface area contributed by atoms with E-state index >= 15 is 0 Å². The van der Waals surface area contributed by atoms with E-state index in [0.29, 0.717) is 12.8 Å². The maximum Gasteiger partial charge on any atom is 0.227 e. The smallest absolute Gasteiger partial charge is 0.227 e. The van der Waals surface area contributed by atoms with E-state index in [1.54, 1.807) is 6.26 Å². The van der Waals surface area contributed by atoms with Crippen LogP contribution in [0.5, 0.6) is 0 Å². The minimum atomic E-state index is 0.0742. The Morgan fingerprint density at radius 3 is 2.64 bits per heavy atom. The molecule has 0 saturated carbocycles. The predicted octanol–water partition coefficient (Wildman–Crippen LogP) is 2.72. The third-order valence-electron chi connectivity index (χ3n) is 5.98. The van der Waals surface area contributed by atoms with Crippen LogP contribution in [-0.4, -0.2) is 36.3 Å². The van der Waals surface area contributed by atoms with Crippen molar-refractivity contribution in [2.45, 2.75) is 39.5 Å². The molecular formula is C20H24N2O3. The summed E-state index contributed by atoms with van der Waals surface area (Å²) in [5, 5.41) is 3.97. The van der Waals surface area contributed by atoms with Crippen LogP contribution in [0.4, 0.5) is 0 Å². The average molecular weight is 340 g/mol. The maximum atomic E-state index is 12.7. The summed E-state index contributed by atoms with van der Waals surface area (Å²) >= 11 is 0. The Morgan fingerprint density at radius 2 is 1.96 bits per heavy atom. The van der Waals surface area contributed by atoms with E-state index in [9.17, 15) is 9.59 Å². The molecule has 5 heteroatoms. The van der Waals surface area contributed by atoms with Gasteiger partial charge in [-0.05, 0) is 55.4 Å². The highest BCUT2D eigenvalue weighted by molar-refractivity contribution is 5.88. The number of hydrogen-bond donors (Lipinski definition) is 1. The molecule has 2 aliphatic heterocycles. The van der Waals surface area contributed by atoms with Gasteiger partial charge >= 0.3 is 0 Å². The van der Waals surface area contributed by atoms with Gasteiger partial charge in [0, 0.05) is 37.0 Å². The second kappa shape index (κ2) is 5.90. The van der Waals surface area contributed by atoms with E-state index in [2.05, 4.69) is 25.2 Å². The molecule has 2 fully saturated rings. The van der Waals surface area contributed by atoms with E-state index in [4.69, 9.17) is 4.42 Å². The summed E-state index contributed by atoms with van der Waals surface area (Å²) in [6.07, 6.45) is 4.51. The zero-order valence-electron chi connectivity index (χ0n) is 14.9. The molecule has 0 unspecified atom stereocenters. The first kappa shape index (κ1) is 16.2. The fourth-order valence-corrected chi connectivity index (χ4v) is 4.08. The number of likely N-dealkylation sites (tertiary alicyclic amines) is 1. The second-order valence-corrected chi connectivity index (χ2v) is 7.70. The van der Waals surface area contributed by atoms with Crippen molar-refractivity contribution in [2.75, 3.05) is 19.6 Å². The molecule has 2 aromatic rings. The maximum absolute atomic E-state index is 12.7. The summed E-state index contributed by atoms with van der Waals surface area (Å²) in [7, 11) is 0. The Kier molecular flexibility index (Phi) is 3.82. The van der Waals surface area contributed by atoms with E-state index < -0.39 is 0 Å². The van der Waals surface area contributed by atoms with E-state index in [0.717, 1.165) is 49.0 Å². The summed E-state index contributed by atoms with van der Waals surface area (Å²) < 4.78 is 5.64. The molecule has 2 amide bonds. The van der Waals surface area contributed by atoms with Crippen molar-refractivity contribution in [1.82, 2.24) is 10.2 Å². The molecule has 1 N–H and O–H groups in total. The second-order valence-electron chi connectivity index (χ2n) is 7.70. The largest absolute Gasteiger partial charge is 0.464 e. The highest BCUT2D eigenvalue weighted by Gasteiger charge is 2.41. The predicted molar refractivity (Wildman–Crippen MR) is 95.3 cm³/mol. The molecule has 1 aromatic carbocycles. The number of nitrogens with zero attached hydrogens (tertiary/aromatic N) is 1. The van der Waals surface area contributed by atoms with E-state index in [-0.39, 0.29) is 17.2 Å². The minimum Gasteiger partial charge on any atom is -0.464 e. The van der Waals surface area contributed by atoms with Gasteiger partial charge in [-0.1, -0.05) is 0 Å². The van der Waals surface area contributed by atoms with Gasteiger partial charge in [-0.3, -0.25) is 9.59 Å². The van der Waals surface area contributed by atoms with Crippen LogP contribution in [0.2, 0.25) is 0 Å². The highest BCUT2D eigenvalue weighted by Crippen LogP contribution is 2.37. The lowest BCUT2D eigenvalue weighted by Crippen LogP contribution is -2.44. The molecule has 3 heterocycles. The molecule has 25 heavy (non-hydrogen) atoms. The average Bonchev–Trinajstić information content (AvgIpc) is 3.13. The van der Waals surface area contributed by atoms with Crippen molar-refractivity contribution in [3.05, 3.63) is 35.1 Å². The Morgan fingerprint density at radius 1 is 1.24 bits per heavy atom. The number of furan rings is 1. The third kappa shape index (κ3) is 2.92. The monoisotopic (exact) mass is 340 g/mol. The first-order chi connectivity index (χ1) is 12.0. The topological polar surface area (TPSA) is 62.6 Å². The van der Waals surface area contributed by atoms with E-state index in [1.165, 1.54) is 11.1 Å². The number of hydrogen-bond acceptors (Lipinski definition) is 3.